The number of rotatable bonds is 7. The van der Waals surface area contributed by atoms with Crippen LogP contribution in [0.1, 0.15) is 30.9 Å². The highest BCUT2D eigenvalue weighted by Crippen LogP contribution is 2.27. The lowest BCUT2D eigenvalue weighted by molar-refractivity contribution is -0.873. The summed E-state index contributed by atoms with van der Waals surface area (Å²) in [5, 5.41) is 5.14. The maximum absolute atomic E-state index is 12.0. The summed E-state index contributed by atoms with van der Waals surface area (Å²) in [6, 6.07) is 6.18. The lowest BCUT2D eigenvalue weighted by Gasteiger charge is -2.16. The molecule has 0 heterocycles. The first kappa shape index (κ1) is 16.7. The highest BCUT2D eigenvalue weighted by atomic mass is 16.1. The van der Waals surface area contributed by atoms with Gasteiger partial charge in [0.1, 0.15) is 13.1 Å². The van der Waals surface area contributed by atoms with Crippen LogP contribution in [0.15, 0.2) is 18.2 Å². The van der Waals surface area contributed by atoms with Gasteiger partial charge in [0.15, 0.2) is 6.54 Å². The molecule has 4 heteroatoms. The van der Waals surface area contributed by atoms with Crippen molar-refractivity contribution in [2.75, 3.05) is 39.0 Å². The average Bonchev–Trinajstić information content (AvgIpc) is 2.36. The Kier molecular flexibility index (Phi) is 6.68. The van der Waals surface area contributed by atoms with Crippen LogP contribution in [0.25, 0.3) is 0 Å². The van der Waals surface area contributed by atoms with Gasteiger partial charge in [0, 0.05) is 5.69 Å². The zero-order valence-electron chi connectivity index (χ0n) is 13.4. The van der Waals surface area contributed by atoms with E-state index in [2.05, 4.69) is 44.6 Å². The summed E-state index contributed by atoms with van der Waals surface area (Å²) in [7, 11) is 4.24. The van der Waals surface area contributed by atoms with Gasteiger partial charge in [0.05, 0.1) is 14.1 Å². The molecule has 0 bridgehead atoms. The molecule has 112 valence electrons. The van der Waals surface area contributed by atoms with E-state index in [0.29, 0.717) is 12.5 Å². The van der Waals surface area contributed by atoms with Gasteiger partial charge in [0.2, 0.25) is 0 Å². The van der Waals surface area contributed by atoms with Gasteiger partial charge < -0.3 is 15.5 Å². The van der Waals surface area contributed by atoms with E-state index in [-0.39, 0.29) is 5.91 Å². The quantitative estimate of drug-likeness (QED) is 0.593. The fourth-order valence-corrected chi connectivity index (χ4v) is 2.16. The number of carbonyl (C=O) groups excluding carboxylic acids is 1. The predicted octanol–water partition coefficient (Wildman–Crippen LogP) is -0.235. The second kappa shape index (κ2) is 8.02. The third-order valence-corrected chi connectivity index (χ3v) is 3.37. The first-order valence-electron chi connectivity index (χ1n) is 7.42. The summed E-state index contributed by atoms with van der Waals surface area (Å²) in [6.45, 7) is 8.86. The Balaban J connectivity index is 2.57. The normalized spacial score (nSPS) is 11.2. The molecule has 0 saturated heterocycles. The number of likely N-dealkylation sites (N-methyl/N-ethyl adjacent to an activating group) is 1. The van der Waals surface area contributed by atoms with Crippen LogP contribution in [0, 0.1) is 6.92 Å². The molecule has 0 aliphatic heterocycles. The molecule has 1 aromatic rings. The molecule has 0 saturated carbocycles. The van der Waals surface area contributed by atoms with Crippen LogP contribution >= 0.6 is 0 Å². The van der Waals surface area contributed by atoms with Crippen molar-refractivity contribution in [1.29, 1.82) is 0 Å². The second-order valence-electron chi connectivity index (χ2n) is 5.98. The van der Waals surface area contributed by atoms with E-state index in [1.807, 2.05) is 19.1 Å². The second-order valence-corrected chi connectivity index (χ2v) is 5.98. The van der Waals surface area contributed by atoms with Crippen molar-refractivity contribution in [3.63, 3.8) is 0 Å². The summed E-state index contributed by atoms with van der Waals surface area (Å²) < 4.78 is 0. The van der Waals surface area contributed by atoms with Crippen molar-refractivity contribution in [1.82, 2.24) is 0 Å². The van der Waals surface area contributed by atoms with Gasteiger partial charge in [-0.2, -0.15) is 0 Å². The number of para-hydroxylation sites is 1. The number of nitrogens with two attached hydrogens (primary N) is 1. The molecule has 0 aliphatic rings. The third kappa shape index (κ3) is 5.31. The van der Waals surface area contributed by atoms with E-state index in [4.69, 9.17) is 0 Å². The van der Waals surface area contributed by atoms with Crippen LogP contribution in [-0.2, 0) is 4.79 Å². The molecule has 4 nitrogen and oxygen atoms in total. The Bertz CT molecular complexity index is 441. The maximum atomic E-state index is 12.0. The molecular weight excluding hydrogens is 250 g/mol. The molecule has 0 spiro atoms. The largest absolute Gasteiger partial charge is 0.335 e. The van der Waals surface area contributed by atoms with E-state index in [1.54, 1.807) is 0 Å². The van der Waals surface area contributed by atoms with Crippen LogP contribution in [0.2, 0.25) is 0 Å². The van der Waals surface area contributed by atoms with Crippen molar-refractivity contribution in [2.24, 2.45) is 0 Å². The van der Waals surface area contributed by atoms with Gasteiger partial charge in [-0.15, -0.1) is 0 Å². The average molecular weight is 279 g/mol. The van der Waals surface area contributed by atoms with Crippen molar-refractivity contribution in [3.05, 3.63) is 29.3 Å². The van der Waals surface area contributed by atoms with Crippen molar-refractivity contribution in [2.45, 2.75) is 26.7 Å². The number of hydrogen-bond donors (Lipinski definition) is 3. The van der Waals surface area contributed by atoms with Crippen LogP contribution in [0.3, 0.4) is 0 Å². The molecule has 1 rings (SSSR count). The molecule has 1 amide bonds. The summed E-state index contributed by atoms with van der Waals surface area (Å²) in [6.07, 6.45) is 0. The predicted molar refractivity (Wildman–Crippen MR) is 83.2 cm³/mol. The number of aryl methyl sites for hydroxylation is 1. The molecule has 0 radical (unpaired) electrons. The fraction of sp³-hybridized carbons (Fsp3) is 0.562. The molecule has 0 aliphatic carbocycles. The smallest absolute Gasteiger partial charge is 0.279 e. The zero-order valence-corrected chi connectivity index (χ0v) is 13.4. The molecule has 0 atom stereocenters. The SMILES string of the molecule is Cc1cccc(C(C)C)c1NC(=O)C[NH2+]CC[NH+](C)C. The first-order valence-corrected chi connectivity index (χ1v) is 7.42. The standard InChI is InChI=1S/C16H27N3O/c1-12(2)14-8-6-7-13(3)16(14)18-15(20)11-17-9-10-19(4)5/h6-8,12,17H,9-11H2,1-5H3,(H,18,20)/p+2. The van der Waals surface area contributed by atoms with Crippen LogP contribution in [0.5, 0.6) is 0 Å². The minimum absolute atomic E-state index is 0.0787. The van der Waals surface area contributed by atoms with Crippen molar-refractivity contribution >= 4 is 11.6 Å². The number of anilines is 1. The van der Waals surface area contributed by atoms with E-state index >= 15 is 0 Å². The van der Waals surface area contributed by atoms with Gasteiger partial charge >= 0.3 is 0 Å². The van der Waals surface area contributed by atoms with E-state index in [1.165, 1.54) is 10.5 Å². The monoisotopic (exact) mass is 279 g/mol. The van der Waals surface area contributed by atoms with Gasteiger partial charge in [-0.05, 0) is 24.0 Å². The first-order chi connectivity index (χ1) is 9.41. The molecule has 0 unspecified atom stereocenters. The Morgan fingerprint density at radius 2 is 2.05 bits per heavy atom. The van der Waals surface area contributed by atoms with Crippen LogP contribution in [-0.4, -0.2) is 39.6 Å². The van der Waals surface area contributed by atoms with Crippen molar-refractivity contribution < 1.29 is 15.0 Å². The van der Waals surface area contributed by atoms with E-state index in [9.17, 15) is 4.79 Å². The molecule has 0 aromatic heterocycles. The fourth-order valence-electron chi connectivity index (χ4n) is 2.16. The molecule has 0 fully saturated rings. The third-order valence-electron chi connectivity index (χ3n) is 3.37. The topological polar surface area (TPSA) is 50.1 Å². The summed E-state index contributed by atoms with van der Waals surface area (Å²) in [5.74, 6) is 0.487. The molecule has 20 heavy (non-hydrogen) atoms. The van der Waals surface area contributed by atoms with Gasteiger partial charge in [0.25, 0.3) is 5.91 Å². The number of amides is 1. The lowest BCUT2D eigenvalue weighted by atomic mass is 9.98. The van der Waals surface area contributed by atoms with Crippen LogP contribution < -0.4 is 15.5 Å². The van der Waals surface area contributed by atoms with Gasteiger partial charge in [-0.1, -0.05) is 32.0 Å². The number of hydrogen-bond acceptors (Lipinski definition) is 1. The number of quaternary nitrogens is 2. The Morgan fingerprint density at radius 1 is 1.35 bits per heavy atom. The molecule has 4 N–H and O–H groups in total. The van der Waals surface area contributed by atoms with E-state index < -0.39 is 0 Å². The summed E-state index contributed by atoms with van der Waals surface area (Å²) in [4.78, 5) is 13.4. The number of carbonyl (C=O) groups is 1. The summed E-state index contributed by atoms with van der Waals surface area (Å²) in [5.41, 5.74) is 3.32. The Labute approximate surface area is 122 Å². The van der Waals surface area contributed by atoms with Gasteiger partial charge in [-0.25, -0.2) is 0 Å². The van der Waals surface area contributed by atoms with Crippen molar-refractivity contribution in [3.8, 4) is 0 Å². The van der Waals surface area contributed by atoms with Gasteiger partial charge in [-0.3, -0.25) is 4.79 Å². The zero-order chi connectivity index (χ0) is 15.1. The Morgan fingerprint density at radius 3 is 2.65 bits per heavy atom. The Hall–Kier alpha value is -1.39. The number of benzene rings is 1. The minimum Gasteiger partial charge on any atom is -0.335 e. The highest BCUT2D eigenvalue weighted by Gasteiger charge is 2.12. The van der Waals surface area contributed by atoms with Crippen LogP contribution in [0.4, 0.5) is 5.69 Å². The molecule has 1 aromatic carbocycles. The molecular formula is C16H29N3O+2. The van der Waals surface area contributed by atoms with E-state index in [0.717, 1.165) is 24.3 Å². The number of nitrogens with one attached hydrogen (secondary N) is 2. The minimum atomic E-state index is 0.0787. The maximum Gasteiger partial charge on any atom is 0.279 e. The summed E-state index contributed by atoms with van der Waals surface area (Å²) >= 11 is 0. The highest BCUT2D eigenvalue weighted by molar-refractivity contribution is 5.93. The lowest BCUT2D eigenvalue weighted by Crippen LogP contribution is -3.09.